The van der Waals surface area contributed by atoms with Gasteiger partial charge in [0.1, 0.15) is 0 Å². The van der Waals surface area contributed by atoms with Gasteiger partial charge in [-0.25, -0.2) is 0 Å². The fourth-order valence-corrected chi connectivity index (χ4v) is 10.7. The van der Waals surface area contributed by atoms with E-state index >= 15 is 0 Å². The second-order valence-electron chi connectivity index (χ2n) is 14.1. The summed E-state index contributed by atoms with van der Waals surface area (Å²) in [5, 5.41) is 42.8. The monoisotopic (exact) mass is 486 g/mol. The van der Waals surface area contributed by atoms with Crippen molar-refractivity contribution in [2.24, 2.45) is 50.7 Å². The summed E-state index contributed by atoms with van der Waals surface area (Å²) in [4.78, 5) is 12.8. The smallest absolute Gasteiger partial charge is 0.310 e. The Balaban J connectivity index is 1.63. The zero-order valence-corrected chi connectivity index (χ0v) is 22.3. The van der Waals surface area contributed by atoms with Crippen molar-refractivity contribution < 1.29 is 25.2 Å². The molecule has 5 aliphatic carbocycles. The highest BCUT2D eigenvalue weighted by molar-refractivity contribution is 5.77. The van der Waals surface area contributed by atoms with Crippen molar-refractivity contribution in [3.63, 3.8) is 0 Å². The van der Waals surface area contributed by atoms with Crippen molar-refractivity contribution >= 4 is 5.97 Å². The number of carboxylic acid groups (broad SMARTS) is 1. The molecule has 0 saturated heterocycles. The van der Waals surface area contributed by atoms with Crippen LogP contribution >= 0.6 is 0 Å². The van der Waals surface area contributed by atoms with Gasteiger partial charge in [0.05, 0.1) is 24.2 Å². The molecular formula is C30H46O5. The zero-order valence-electron chi connectivity index (χ0n) is 22.3. The Labute approximate surface area is 210 Å². The molecule has 0 bridgehead atoms. The summed E-state index contributed by atoms with van der Waals surface area (Å²) in [6.45, 7) is 15.5. The third-order valence-corrected chi connectivity index (χ3v) is 13.1. The predicted octanol–water partition coefficient (Wildman–Crippen LogP) is 4.95. The van der Waals surface area contributed by atoms with Crippen molar-refractivity contribution in [2.45, 2.75) is 98.2 Å². The third kappa shape index (κ3) is 2.89. The Morgan fingerprint density at radius 2 is 1.77 bits per heavy atom. The van der Waals surface area contributed by atoms with Gasteiger partial charge in [0.15, 0.2) is 0 Å². The van der Waals surface area contributed by atoms with Crippen LogP contribution < -0.4 is 0 Å². The topological polar surface area (TPSA) is 98.0 Å². The van der Waals surface area contributed by atoms with Gasteiger partial charge in [0.25, 0.3) is 0 Å². The molecule has 11 atom stereocenters. The largest absolute Gasteiger partial charge is 0.481 e. The summed E-state index contributed by atoms with van der Waals surface area (Å²) in [7, 11) is 0. The van der Waals surface area contributed by atoms with Crippen LogP contribution in [0.2, 0.25) is 0 Å². The van der Waals surface area contributed by atoms with Gasteiger partial charge in [-0.15, -0.1) is 0 Å². The highest BCUT2D eigenvalue weighted by Gasteiger charge is 2.70. The van der Waals surface area contributed by atoms with E-state index < -0.39 is 29.0 Å². The number of allylic oxidation sites excluding steroid dienone is 3. The van der Waals surface area contributed by atoms with Crippen molar-refractivity contribution in [3.8, 4) is 0 Å². The normalized spacial score (nSPS) is 55.7. The summed E-state index contributed by atoms with van der Waals surface area (Å²) >= 11 is 0. The van der Waals surface area contributed by atoms with Gasteiger partial charge in [0, 0.05) is 11.3 Å². The summed E-state index contributed by atoms with van der Waals surface area (Å²) in [6, 6.07) is 0. The first-order chi connectivity index (χ1) is 16.2. The van der Waals surface area contributed by atoms with E-state index in [1.165, 1.54) is 11.1 Å². The number of hydrogen-bond acceptors (Lipinski definition) is 4. The minimum absolute atomic E-state index is 0.00946. The minimum atomic E-state index is -0.917. The van der Waals surface area contributed by atoms with E-state index in [2.05, 4.69) is 40.3 Å². The van der Waals surface area contributed by atoms with Gasteiger partial charge < -0.3 is 20.4 Å². The molecule has 0 aliphatic heterocycles. The molecule has 5 rings (SSSR count). The van der Waals surface area contributed by atoms with Gasteiger partial charge in [-0.2, -0.15) is 0 Å². The maximum Gasteiger partial charge on any atom is 0.310 e. The van der Waals surface area contributed by atoms with Crippen LogP contribution in [0.15, 0.2) is 23.8 Å². The molecule has 5 nitrogen and oxygen atoms in total. The molecule has 5 aliphatic rings. The Morgan fingerprint density at radius 3 is 2.40 bits per heavy atom. The number of hydrogen-bond donors (Lipinski definition) is 4. The fraction of sp³-hybridized carbons (Fsp3) is 0.833. The maximum atomic E-state index is 12.8. The highest BCUT2D eigenvalue weighted by Crippen LogP contribution is 2.75. The molecule has 0 amide bonds. The van der Waals surface area contributed by atoms with Crippen LogP contribution in [0.5, 0.6) is 0 Å². The molecule has 0 spiro atoms. The van der Waals surface area contributed by atoms with Crippen LogP contribution in [0.1, 0.15) is 86.0 Å². The fourth-order valence-electron chi connectivity index (χ4n) is 10.7. The number of fused-ring (bicyclic) bond motifs is 7. The van der Waals surface area contributed by atoms with Gasteiger partial charge >= 0.3 is 5.97 Å². The number of aliphatic carboxylic acids is 1. The molecule has 0 heterocycles. The van der Waals surface area contributed by atoms with Crippen LogP contribution in [0, 0.1) is 50.7 Å². The Morgan fingerprint density at radius 1 is 1.09 bits per heavy atom. The van der Waals surface area contributed by atoms with E-state index in [9.17, 15) is 25.2 Å². The Bertz CT molecular complexity index is 972. The molecule has 0 aromatic rings. The zero-order chi connectivity index (χ0) is 25.8. The van der Waals surface area contributed by atoms with Gasteiger partial charge in [-0.3, -0.25) is 4.79 Å². The first-order valence-corrected chi connectivity index (χ1v) is 13.8. The van der Waals surface area contributed by atoms with Crippen LogP contribution in [0.25, 0.3) is 0 Å². The second kappa shape index (κ2) is 7.68. The molecule has 4 N–H and O–H groups in total. The van der Waals surface area contributed by atoms with E-state index in [4.69, 9.17) is 0 Å². The summed E-state index contributed by atoms with van der Waals surface area (Å²) < 4.78 is 0. The third-order valence-electron chi connectivity index (χ3n) is 13.1. The number of carbonyl (C=O) groups is 1. The lowest BCUT2D eigenvalue weighted by Gasteiger charge is -2.71. The Hall–Kier alpha value is -1.17. The molecule has 0 unspecified atom stereocenters. The van der Waals surface area contributed by atoms with E-state index in [1.54, 1.807) is 0 Å². The SMILES string of the molecule is C=C1CC[C@]2(C(=O)O)CC[C@]3(C)C(=CC[C@@H]4[C@@]5(C)C[C@@H](O)[C@@H](O)[C@@](C)(CO)[C@@H]5CC[C@]43C)[C@@H]2[C@H]1C. The van der Waals surface area contributed by atoms with Crippen molar-refractivity contribution in [1.82, 2.24) is 0 Å². The number of carboxylic acids is 1. The summed E-state index contributed by atoms with van der Waals surface area (Å²) in [5.74, 6) is -0.0668. The van der Waals surface area contributed by atoms with Crippen molar-refractivity contribution in [3.05, 3.63) is 23.8 Å². The van der Waals surface area contributed by atoms with E-state index in [0.29, 0.717) is 25.2 Å². The van der Waals surface area contributed by atoms with Crippen LogP contribution in [0.3, 0.4) is 0 Å². The predicted molar refractivity (Wildman–Crippen MR) is 135 cm³/mol. The summed E-state index contributed by atoms with van der Waals surface area (Å²) in [6.07, 6.45) is 7.00. The second-order valence-corrected chi connectivity index (χ2v) is 14.1. The lowest BCUT2D eigenvalue weighted by atomic mass is 9.33. The molecule has 5 heteroatoms. The summed E-state index contributed by atoms with van der Waals surface area (Å²) in [5.41, 5.74) is 0.748. The molecular weight excluding hydrogens is 440 g/mol. The number of aliphatic hydroxyl groups is 3. The van der Waals surface area contributed by atoms with E-state index in [1.807, 2.05) is 6.92 Å². The quantitative estimate of drug-likeness (QED) is 0.414. The molecule has 35 heavy (non-hydrogen) atoms. The average Bonchev–Trinajstić information content (AvgIpc) is 2.80. The molecule has 0 aromatic carbocycles. The van der Waals surface area contributed by atoms with E-state index in [-0.39, 0.29) is 40.6 Å². The van der Waals surface area contributed by atoms with Crippen LogP contribution in [-0.2, 0) is 4.79 Å². The van der Waals surface area contributed by atoms with Crippen molar-refractivity contribution in [1.29, 1.82) is 0 Å². The standard InChI is InChI=1S/C30H46O5/c1-17-9-12-30(25(34)35)14-13-28(5)19(23(30)18(17)2)7-8-22-26(3)15-20(32)24(33)27(4,16-31)21(26)10-11-29(22,28)6/h7,18,20-24,31-33H,1,8-16H2,2-6H3,(H,34,35)/t18-,20+,21+,22+,23-,24+,26-,27-,28+,29+,30-/m0/s1. The number of aliphatic hydroxyl groups excluding tert-OH is 3. The lowest BCUT2D eigenvalue weighted by Crippen LogP contribution is -2.68. The van der Waals surface area contributed by atoms with Gasteiger partial charge in [-0.05, 0) is 85.4 Å². The average molecular weight is 487 g/mol. The number of rotatable bonds is 2. The van der Waals surface area contributed by atoms with Crippen molar-refractivity contribution in [2.75, 3.05) is 6.61 Å². The van der Waals surface area contributed by atoms with E-state index in [0.717, 1.165) is 32.1 Å². The molecule has 0 radical (unpaired) electrons. The van der Waals surface area contributed by atoms with Crippen LogP contribution in [-0.4, -0.2) is 45.2 Å². The molecule has 196 valence electrons. The first-order valence-electron chi connectivity index (χ1n) is 13.8. The highest BCUT2D eigenvalue weighted by atomic mass is 16.4. The van der Waals surface area contributed by atoms with Crippen LogP contribution in [0.4, 0.5) is 0 Å². The molecule has 4 saturated carbocycles. The minimum Gasteiger partial charge on any atom is -0.481 e. The first kappa shape index (κ1) is 25.5. The van der Waals surface area contributed by atoms with Gasteiger partial charge in [-0.1, -0.05) is 58.4 Å². The lowest BCUT2D eigenvalue weighted by molar-refractivity contribution is -0.243. The van der Waals surface area contributed by atoms with Gasteiger partial charge in [0.2, 0.25) is 0 Å². The Kier molecular flexibility index (Phi) is 5.59. The maximum absolute atomic E-state index is 12.8. The molecule has 4 fully saturated rings. The molecule has 0 aromatic heterocycles.